The van der Waals surface area contributed by atoms with Gasteiger partial charge in [0.1, 0.15) is 5.82 Å². The number of aryl methyl sites for hydroxylation is 2. The van der Waals surface area contributed by atoms with Crippen molar-refractivity contribution in [2.45, 2.75) is 57.5 Å². The molecule has 0 fully saturated rings. The van der Waals surface area contributed by atoms with E-state index in [-0.39, 0.29) is 17.9 Å². The maximum atomic E-state index is 12.8. The SMILES string of the molecule is C[C@@H](NC(=O)[C@H]1CCCc2ccccc21)c1nnc2n1CCC2. The molecule has 0 unspecified atom stereocenters. The van der Waals surface area contributed by atoms with Crippen LogP contribution in [0.25, 0.3) is 0 Å². The molecule has 2 aromatic rings. The van der Waals surface area contributed by atoms with Gasteiger partial charge >= 0.3 is 0 Å². The van der Waals surface area contributed by atoms with E-state index in [4.69, 9.17) is 0 Å². The van der Waals surface area contributed by atoms with Crippen LogP contribution in [0.4, 0.5) is 0 Å². The molecular weight excluding hydrogens is 288 g/mol. The van der Waals surface area contributed by atoms with Crippen LogP contribution in [0.2, 0.25) is 0 Å². The fourth-order valence-electron chi connectivity index (χ4n) is 3.90. The monoisotopic (exact) mass is 310 g/mol. The number of fused-ring (bicyclic) bond motifs is 2. The highest BCUT2D eigenvalue weighted by Gasteiger charge is 2.29. The smallest absolute Gasteiger partial charge is 0.228 e. The molecule has 5 heteroatoms. The molecule has 0 bridgehead atoms. The van der Waals surface area contributed by atoms with Crippen molar-refractivity contribution in [2.75, 3.05) is 0 Å². The normalized spacial score (nSPS) is 20.7. The van der Waals surface area contributed by atoms with Crippen LogP contribution < -0.4 is 5.32 Å². The van der Waals surface area contributed by atoms with Gasteiger partial charge in [-0.05, 0) is 43.7 Å². The molecular formula is C18H22N4O. The molecule has 23 heavy (non-hydrogen) atoms. The van der Waals surface area contributed by atoms with Crippen molar-refractivity contribution in [3.63, 3.8) is 0 Å². The summed E-state index contributed by atoms with van der Waals surface area (Å²) in [5.74, 6) is 2.00. The zero-order valence-electron chi connectivity index (χ0n) is 13.5. The summed E-state index contributed by atoms with van der Waals surface area (Å²) in [6, 6.07) is 8.22. The lowest BCUT2D eigenvalue weighted by Gasteiger charge is -2.26. The summed E-state index contributed by atoms with van der Waals surface area (Å²) in [6.07, 6.45) is 5.18. The lowest BCUT2D eigenvalue weighted by atomic mass is 9.82. The molecule has 1 aromatic carbocycles. The van der Waals surface area contributed by atoms with Gasteiger partial charge in [0.2, 0.25) is 5.91 Å². The standard InChI is InChI=1S/C18H22N4O/c1-12(17-21-20-16-10-5-11-22(16)17)19-18(23)15-9-4-7-13-6-2-3-8-14(13)15/h2-3,6,8,12,15H,4-5,7,9-11H2,1H3,(H,19,23)/t12-,15+/m1/s1. The average Bonchev–Trinajstić information content (AvgIpc) is 3.17. The van der Waals surface area contributed by atoms with Crippen molar-refractivity contribution in [3.8, 4) is 0 Å². The summed E-state index contributed by atoms with van der Waals surface area (Å²) in [5, 5.41) is 11.7. The first-order valence-electron chi connectivity index (χ1n) is 8.54. The molecule has 1 aromatic heterocycles. The number of benzene rings is 1. The van der Waals surface area contributed by atoms with Crippen LogP contribution in [0.3, 0.4) is 0 Å². The Balaban J connectivity index is 1.52. The van der Waals surface area contributed by atoms with E-state index >= 15 is 0 Å². The molecule has 4 rings (SSSR count). The Hall–Kier alpha value is -2.17. The van der Waals surface area contributed by atoms with E-state index in [2.05, 4.69) is 38.3 Å². The number of carbonyl (C=O) groups excluding carboxylic acids is 1. The topological polar surface area (TPSA) is 59.8 Å². The van der Waals surface area contributed by atoms with Gasteiger partial charge in [-0.3, -0.25) is 4.79 Å². The molecule has 0 saturated carbocycles. The van der Waals surface area contributed by atoms with Crippen molar-refractivity contribution in [1.82, 2.24) is 20.1 Å². The zero-order chi connectivity index (χ0) is 15.8. The maximum Gasteiger partial charge on any atom is 0.228 e. The highest BCUT2D eigenvalue weighted by Crippen LogP contribution is 2.32. The summed E-state index contributed by atoms with van der Waals surface area (Å²) in [7, 11) is 0. The minimum absolute atomic E-state index is 0.0385. The molecule has 5 nitrogen and oxygen atoms in total. The molecule has 2 atom stereocenters. The molecule has 2 aliphatic rings. The number of carbonyl (C=O) groups is 1. The van der Waals surface area contributed by atoms with Gasteiger partial charge in [0.05, 0.1) is 12.0 Å². The number of amides is 1. The van der Waals surface area contributed by atoms with Gasteiger partial charge < -0.3 is 9.88 Å². The third-order valence-corrected chi connectivity index (χ3v) is 5.07. The number of hydrogen-bond acceptors (Lipinski definition) is 3. The van der Waals surface area contributed by atoms with Gasteiger partial charge in [-0.1, -0.05) is 24.3 Å². The Morgan fingerprint density at radius 1 is 1.26 bits per heavy atom. The van der Waals surface area contributed by atoms with Crippen molar-refractivity contribution in [2.24, 2.45) is 0 Å². The number of rotatable bonds is 3. The second-order valence-electron chi connectivity index (χ2n) is 6.60. The fourth-order valence-corrected chi connectivity index (χ4v) is 3.90. The third kappa shape index (κ3) is 2.54. The molecule has 0 radical (unpaired) electrons. The van der Waals surface area contributed by atoms with Gasteiger partial charge in [0.25, 0.3) is 0 Å². The predicted molar refractivity (Wildman–Crippen MR) is 87.0 cm³/mol. The molecule has 0 spiro atoms. The number of hydrogen-bond donors (Lipinski definition) is 1. The van der Waals surface area contributed by atoms with E-state index in [1.54, 1.807) is 0 Å². The Morgan fingerprint density at radius 3 is 3.04 bits per heavy atom. The van der Waals surface area contributed by atoms with Gasteiger partial charge in [-0.25, -0.2) is 0 Å². The average molecular weight is 310 g/mol. The first-order valence-corrected chi connectivity index (χ1v) is 8.54. The number of aromatic nitrogens is 3. The fraction of sp³-hybridized carbons (Fsp3) is 0.500. The molecule has 1 amide bonds. The van der Waals surface area contributed by atoms with E-state index in [1.807, 2.05) is 13.0 Å². The number of nitrogens with one attached hydrogen (secondary N) is 1. The largest absolute Gasteiger partial charge is 0.346 e. The second kappa shape index (κ2) is 5.80. The van der Waals surface area contributed by atoms with Crippen molar-refractivity contribution < 1.29 is 4.79 Å². The molecule has 2 heterocycles. The Morgan fingerprint density at radius 2 is 2.13 bits per heavy atom. The molecule has 0 saturated heterocycles. The lowest BCUT2D eigenvalue weighted by molar-refractivity contribution is -0.123. The molecule has 1 aliphatic carbocycles. The molecule has 1 aliphatic heterocycles. The van der Waals surface area contributed by atoms with Crippen LogP contribution in [0.1, 0.15) is 60.9 Å². The summed E-state index contributed by atoms with van der Waals surface area (Å²) in [4.78, 5) is 12.8. The highest BCUT2D eigenvalue weighted by molar-refractivity contribution is 5.84. The van der Waals surface area contributed by atoms with Gasteiger partial charge in [0, 0.05) is 13.0 Å². The van der Waals surface area contributed by atoms with Gasteiger partial charge in [-0.15, -0.1) is 10.2 Å². The van der Waals surface area contributed by atoms with Crippen molar-refractivity contribution in [3.05, 3.63) is 47.0 Å². The lowest BCUT2D eigenvalue weighted by Crippen LogP contribution is -2.34. The Labute approximate surface area is 136 Å². The van der Waals surface area contributed by atoms with Crippen LogP contribution in [-0.2, 0) is 24.2 Å². The van der Waals surface area contributed by atoms with Crippen LogP contribution in [0, 0.1) is 0 Å². The predicted octanol–water partition coefficient (Wildman–Crippen LogP) is 2.52. The summed E-state index contributed by atoms with van der Waals surface area (Å²) >= 11 is 0. The first-order chi connectivity index (χ1) is 11.2. The third-order valence-electron chi connectivity index (χ3n) is 5.07. The Bertz CT molecular complexity index is 736. The summed E-state index contributed by atoms with van der Waals surface area (Å²) < 4.78 is 2.15. The number of nitrogens with zero attached hydrogens (tertiary/aromatic N) is 3. The van der Waals surface area contributed by atoms with Gasteiger partial charge in [0.15, 0.2) is 5.82 Å². The minimum atomic E-state index is -0.101. The van der Waals surface area contributed by atoms with Gasteiger partial charge in [-0.2, -0.15) is 0 Å². The molecule has 1 N–H and O–H groups in total. The van der Waals surface area contributed by atoms with Crippen molar-refractivity contribution >= 4 is 5.91 Å². The van der Waals surface area contributed by atoms with Crippen LogP contribution in [0.15, 0.2) is 24.3 Å². The van der Waals surface area contributed by atoms with Crippen molar-refractivity contribution in [1.29, 1.82) is 0 Å². The minimum Gasteiger partial charge on any atom is -0.346 e. The van der Waals surface area contributed by atoms with E-state index in [0.717, 1.165) is 50.3 Å². The van der Waals surface area contributed by atoms with E-state index in [0.29, 0.717) is 0 Å². The summed E-state index contributed by atoms with van der Waals surface area (Å²) in [6.45, 7) is 2.96. The highest BCUT2D eigenvalue weighted by atomic mass is 16.2. The first kappa shape index (κ1) is 14.4. The molecule has 120 valence electrons. The van der Waals surface area contributed by atoms with E-state index < -0.39 is 0 Å². The maximum absolute atomic E-state index is 12.8. The van der Waals surface area contributed by atoms with E-state index in [9.17, 15) is 4.79 Å². The van der Waals surface area contributed by atoms with E-state index in [1.165, 1.54) is 11.1 Å². The van der Waals surface area contributed by atoms with Crippen LogP contribution in [-0.4, -0.2) is 20.7 Å². The quantitative estimate of drug-likeness (QED) is 0.947. The zero-order valence-corrected chi connectivity index (χ0v) is 13.5. The van der Waals surface area contributed by atoms with Crippen LogP contribution in [0.5, 0.6) is 0 Å². The summed E-state index contributed by atoms with van der Waals surface area (Å²) in [5.41, 5.74) is 2.50. The second-order valence-corrected chi connectivity index (χ2v) is 6.60. The Kier molecular flexibility index (Phi) is 3.63. The van der Waals surface area contributed by atoms with Crippen LogP contribution >= 0.6 is 0 Å².